The number of anilines is 1. The molecule has 31 heavy (non-hydrogen) atoms. The molecule has 166 valence electrons. The number of hydrogen-bond donors (Lipinski definition) is 1. The van der Waals surface area contributed by atoms with E-state index in [1.165, 1.54) is 12.1 Å². The number of primary sulfonamides is 1. The fourth-order valence-electron chi connectivity index (χ4n) is 4.26. The van der Waals surface area contributed by atoms with Crippen molar-refractivity contribution in [1.82, 2.24) is 4.90 Å². The van der Waals surface area contributed by atoms with Gasteiger partial charge in [0.1, 0.15) is 0 Å². The number of nitrogens with zero attached hydrogens (tertiary/aromatic N) is 2. The smallest absolute Gasteiger partial charge is 0.241 e. The zero-order valence-corrected chi connectivity index (χ0v) is 18.9. The van der Waals surface area contributed by atoms with Crippen LogP contribution in [0.3, 0.4) is 0 Å². The number of amides is 1. The number of carbonyl (C=O) groups excluding carboxylic acids is 1. The van der Waals surface area contributed by atoms with Crippen molar-refractivity contribution in [2.45, 2.75) is 23.4 Å². The van der Waals surface area contributed by atoms with Crippen LogP contribution in [0.4, 0.5) is 5.69 Å². The van der Waals surface area contributed by atoms with Gasteiger partial charge < -0.3 is 4.90 Å². The minimum Gasteiger partial charge on any atom is -0.306 e. The quantitative estimate of drug-likeness (QED) is 0.679. The van der Waals surface area contributed by atoms with Gasteiger partial charge in [0, 0.05) is 23.3 Å². The Bertz CT molecular complexity index is 1200. The van der Waals surface area contributed by atoms with Crippen molar-refractivity contribution in [2.75, 3.05) is 29.5 Å². The summed E-state index contributed by atoms with van der Waals surface area (Å²) >= 11 is 5.95. The van der Waals surface area contributed by atoms with Gasteiger partial charge in [0.25, 0.3) is 0 Å². The van der Waals surface area contributed by atoms with Gasteiger partial charge in [-0.1, -0.05) is 23.7 Å². The number of fused-ring (bicyclic) bond motifs is 1. The van der Waals surface area contributed by atoms with E-state index in [1.807, 2.05) is 4.90 Å². The summed E-state index contributed by atoms with van der Waals surface area (Å²) in [5, 5.41) is 5.66. The first-order valence-electron chi connectivity index (χ1n) is 9.67. The summed E-state index contributed by atoms with van der Waals surface area (Å²) in [6.07, 6.45) is 0.544. The van der Waals surface area contributed by atoms with Gasteiger partial charge in [0.05, 0.1) is 29.0 Å². The number of sulfonamides is 1. The zero-order chi connectivity index (χ0) is 22.4. The number of nitrogens with two attached hydrogens (primary N) is 1. The molecule has 0 radical (unpaired) electrons. The third-order valence-electron chi connectivity index (χ3n) is 5.75. The maximum Gasteiger partial charge on any atom is 0.241 e. The lowest BCUT2D eigenvalue weighted by molar-refractivity contribution is -0.123. The molecular formula is C20H22ClN3O5S2. The van der Waals surface area contributed by atoms with Gasteiger partial charge in [-0.3, -0.25) is 9.69 Å². The van der Waals surface area contributed by atoms with Crippen LogP contribution in [0.25, 0.3) is 0 Å². The van der Waals surface area contributed by atoms with Crippen LogP contribution in [-0.4, -0.2) is 64.3 Å². The van der Waals surface area contributed by atoms with Gasteiger partial charge in [-0.2, -0.15) is 0 Å². The van der Waals surface area contributed by atoms with E-state index in [9.17, 15) is 21.6 Å². The Morgan fingerprint density at radius 3 is 2.23 bits per heavy atom. The van der Waals surface area contributed by atoms with E-state index in [-0.39, 0.29) is 34.9 Å². The molecule has 2 aliphatic rings. The Hall–Kier alpha value is -1.98. The van der Waals surface area contributed by atoms with Crippen molar-refractivity contribution in [3.63, 3.8) is 0 Å². The van der Waals surface area contributed by atoms with E-state index < -0.39 is 25.9 Å². The Labute approximate surface area is 186 Å². The second-order valence-electron chi connectivity index (χ2n) is 7.86. The molecule has 2 aromatic rings. The fraction of sp³-hybridized carbons (Fsp3) is 0.350. The molecule has 0 aromatic heterocycles. The molecule has 2 aromatic carbocycles. The van der Waals surface area contributed by atoms with Crippen LogP contribution >= 0.6 is 11.6 Å². The highest BCUT2D eigenvalue weighted by atomic mass is 35.5. The topological polar surface area (TPSA) is 118 Å². The van der Waals surface area contributed by atoms with Gasteiger partial charge in [-0.25, -0.2) is 22.0 Å². The van der Waals surface area contributed by atoms with Crippen LogP contribution in [-0.2, 0) is 31.1 Å². The molecular weight excluding hydrogens is 462 g/mol. The summed E-state index contributed by atoms with van der Waals surface area (Å²) in [6, 6.07) is 12.3. The van der Waals surface area contributed by atoms with E-state index >= 15 is 0 Å². The van der Waals surface area contributed by atoms with Gasteiger partial charge in [0.2, 0.25) is 15.9 Å². The number of hydrogen-bond acceptors (Lipinski definition) is 6. The van der Waals surface area contributed by atoms with Crippen molar-refractivity contribution in [3.8, 4) is 0 Å². The average Bonchev–Trinajstić information content (AvgIpc) is 3.02. The first kappa shape index (κ1) is 22.2. The third-order valence-corrected chi connectivity index (χ3v) is 8.63. The molecule has 2 heterocycles. The summed E-state index contributed by atoms with van der Waals surface area (Å²) < 4.78 is 47.7. The van der Waals surface area contributed by atoms with Gasteiger partial charge >= 0.3 is 0 Å². The minimum absolute atomic E-state index is 0.000604. The summed E-state index contributed by atoms with van der Waals surface area (Å²) in [7, 11) is -7.04. The van der Waals surface area contributed by atoms with Crippen LogP contribution in [0, 0.1) is 0 Å². The molecule has 1 amide bonds. The number of halogens is 1. The Morgan fingerprint density at radius 1 is 1.00 bits per heavy atom. The van der Waals surface area contributed by atoms with E-state index in [4.69, 9.17) is 16.7 Å². The van der Waals surface area contributed by atoms with Crippen molar-refractivity contribution < 1.29 is 21.6 Å². The number of benzene rings is 2. The summed E-state index contributed by atoms with van der Waals surface area (Å²) in [5.74, 6) is -0.240. The van der Waals surface area contributed by atoms with Crippen LogP contribution in [0.15, 0.2) is 53.4 Å². The molecule has 11 heteroatoms. The molecule has 0 aliphatic carbocycles. The van der Waals surface area contributed by atoms with E-state index in [0.29, 0.717) is 23.7 Å². The molecule has 4 rings (SSSR count). The number of rotatable bonds is 5. The molecule has 2 aliphatic heterocycles. The predicted octanol–water partition coefficient (Wildman–Crippen LogP) is 1.04. The first-order chi connectivity index (χ1) is 14.5. The summed E-state index contributed by atoms with van der Waals surface area (Å²) in [5.41, 5.74) is 1.51. The monoisotopic (exact) mass is 483 g/mol. The lowest BCUT2D eigenvalue weighted by Gasteiger charge is -2.43. The van der Waals surface area contributed by atoms with Crippen LogP contribution in [0.2, 0.25) is 5.02 Å². The molecule has 2 N–H and O–H groups in total. The molecule has 2 unspecified atom stereocenters. The van der Waals surface area contributed by atoms with Crippen LogP contribution in [0.1, 0.15) is 5.56 Å². The number of piperazine rings is 1. The second kappa shape index (κ2) is 8.18. The fourth-order valence-corrected chi connectivity index (χ4v) is 6.88. The van der Waals surface area contributed by atoms with Crippen LogP contribution < -0.4 is 10.0 Å². The Kier molecular flexibility index (Phi) is 5.86. The first-order valence-corrected chi connectivity index (χ1v) is 13.4. The molecule has 2 fully saturated rings. The lowest BCUT2D eigenvalue weighted by atomic mass is 10.0. The highest BCUT2D eigenvalue weighted by Gasteiger charge is 2.49. The minimum atomic E-state index is -3.76. The molecule has 0 bridgehead atoms. The van der Waals surface area contributed by atoms with Gasteiger partial charge in [-0.15, -0.1) is 0 Å². The van der Waals surface area contributed by atoms with E-state index in [0.717, 1.165) is 5.56 Å². The van der Waals surface area contributed by atoms with Crippen molar-refractivity contribution in [1.29, 1.82) is 0 Å². The van der Waals surface area contributed by atoms with E-state index in [2.05, 4.69) is 0 Å². The van der Waals surface area contributed by atoms with Gasteiger partial charge in [-0.05, 0) is 48.4 Å². The summed E-state index contributed by atoms with van der Waals surface area (Å²) in [6.45, 7) is 0.584. The van der Waals surface area contributed by atoms with Crippen molar-refractivity contribution in [3.05, 3.63) is 59.1 Å². The molecule has 0 saturated carbocycles. The zero-order valence-electron chi connectivity index (χ0n) is 16.5. The lowest BCUT2D eigenvalue weighted by Crippen LogP contribution is -2.62. The SMILES string of the molecule is NS(=O)(=O)c1ccc(CCN2CC(=O)N(c3ccc(Cl)cc3)C3CS(=O)(=O)CC32)cc1. The largest absolute Gasteiger partial charge is 0.306 e. The molecule has 2 atom stereocenters. The normalized spacial score (nSPS) is 23.7. The number of carbonyl (C=O) groups is 1. The standard InChI is InChI=1S/C20H22ClN3O5S2/c21-15-3-5-16(6-4-15)24-19-13-30(26,27)12-18(19)23(11-20(24)25)10-9-14-1-7-17(8-2-14)31(22,28)29/h1-8,18-19H,9-13H2,(H2,22,28,29). The summed E-state index contributed by atoms with van der Waals surface area (Å²) in [4.78, 5) is 16.5. The maximum atomic E-state index is 13.0. The van der Waals surface area contributed by atoms with Crippen molar-refractivity contribution in [2.24, 2.45) is 5.14 Å². The van der Waals surface area contributed by atoms with E-state index in [1.54, 1.807) is 41.3 Å². The van der Waals surface area contributed by atoms with Crippen LogP contribution in [0.5, 0.6) is 0 Å². The molecule has 8 nitrogen and oxygen atoms in total. The highest BCUT2D eigenvalue weighted by molar-refractivity contribution is 7.91. The van der Waals surface area contributed by atoms with Crippen molar-refractivity contribution >= 4 is 43.1 Å². The van der Waals surface area contributed by atoms with Gasteiger partial charge in [0.15, 0.2) is 9.84 Å². The molecule has 0 spiro atoms. The highest BCUT2D eigenvalue weighted by Crippen LogP contribution is 2.32. The third kappa shape index (κ3) is 4.78. The Morgan fingerprint density at radius 2 is 1.61 bits per heavy atom. The number of sulfone groups is 1. The maximum absolute atomic E-state index is 13.0. The average molecular weight is 484 g/mol. The Balaban J connectivity index is 1.53. The predicted molar refractivity (Wildman–Crippen MR) is 118 cm³/mol. The second-order valence-corrected chi connectivity index (χ2v) is 12.0. The molecule has 2 saturated heterocycles.